The van der Waals surface area contributed by atoms with E-state index < -0.39 is 0 Å². The number of nitrogens with zero attached hydrogens (tertiary/aromatic N) is 2. The zero-order valence-corrected chi connectivity index (χ0v) is 16.2. The van der Waals surface area contributed by atoms with Crippen molar-refractivity contribution in [1.82, 2.24) is 15.5 Å². The lowest BCUT2D eigenvalue weighted by molar-refractivity contribution is -0.00833. The number of morpholine rings is 1. The Bertz CT molecular complexity index is 524. The second kappa shape index (κ2) is 9.78. The Morgan fingerprint density at radius 1 is 1.20 bits per heavy atom. The molecule has 0 saturated carbocycles. The first-order chi connectivity index (χ1) is 12.0. The lowest BCUT2D eigenvalue weighted by atomic mass is 9.98. The van der Waals surface area contributed by atoms with Gasteiger partial charge in [0.15, 0.2) is 5.96 Å². The average molecular weight is 347 g/mol. The molecule has 0 radical (unpaired) electrons. The van der Waals surface area contributed by atoms with E-state index in [4.69, 9.17) is 4.74 Å². The fourth-order valence-corrected chi connectivity index (χ4v) is 3.16. The number of ether oxygens (including phenoxy) is 1. The van der Waals surface area contributed by atoms with Gasteiger partial charge in [0.1, 0.15) is 0 Å². The van der Waals surface area contributed by atoms with Crippen LogP contribution < -0.4 is 10.6 Å². The molecule has 1 heterocycles. The number of rotatable bonds is 7. The highest BCUT2D eigenvalue weighted by molar-refractivity contribution is 5.79. The lowest BCUT2D eigenvalue weighted by Gasteiger charge is -2.41. The first-order valence-electron chi connectivity index (χ1n) is 9.35. The predicted octanol–water partition coefficient (Wildman–Crippen LogP) is 2.46. The van der Waals surface area contributed by atoms with Crippen LogP contribution in [0.1, 0.15) is 38.7 Å². The largest absolute Gasteiger partial charge is 0.379 e. The molecule has 25 heavy (non-hydrogen) atoms. The first kappa shape index (κ1) is 19.7. The molecule has 0 spiro atoms. The van der Waals surface area contributed by atoms with Gasteiger partial charge in [-0.05, 0) is 31.7 Å². The van der Waals surface area contributed by atoms with E-state index in [1.807, 2.05) is 7.05 Å². The van der Waals surface area contributed by atoms with Gasteiger partial charge in [0.05, 0.1) is 13.2 Å². The van der Waals surface area contributed by atoms with Gasteiger partial charge in [0.2, 0.25) is 0 Å². The molecule has 2 rings (SSSR count). The van der Waals surface area contributed by atoms with Crippen molar-refractivity contribution in [2.75, 3.05) is 46.4 Å². The molecule has 1 saturated heterocycles. The van der Waals surface area contributed by atoms with Crippen LogP contribution in [0.5, 0.6) is 0 Å². The van der Waals surface area contributed by atoms with Gasteiger partial charge >= 0.3 is 0 Å². The number of hydrogen-bond donors (Lipinski definition) is 2. The Morgan fingerprint density at radius 3 is 2.52 bits per heavy atom. The predicted molar refractivity (Wildman–Crippen MR) is 105 cm³/mol. The van der Waals surface area contributed by atoms with Gasteiger partial charge in [-0.1, -0.05) is 37.3 Å². The summed E-state index contributed by atoms with van der Waals surface area (Å²) in [5, 5.41) is 6.92. The maximum atomic E-state index is 5.46. The van der Waals surface area contributed by atoms with E-state index >= 15 is 0 Å². The normalized spacial score (nSPS) is 18.0. The number of benzene rings is 1. The summed E-state index contributed by atoms with van der Waals surface area (Å²) in [4.78, 5) is 6.84. The summed E-state index contributed by atoms with van der Waals surface area (Å²) < 4.78 is 5.46. The minimum atomic E-state index is 0.0821. The van der Waals surface area contributed by atoms with E-state index in [0.717, 1.165) is 51.8 Å². The molecule has 1 aromatic carbocycles. The number of hydrogen-bond acceptors (Lipinski definition) is 3. The summed E-state index contributed by atoms with van der Waals surface area (Å²) in [5.74, 6) is 1.41. The third kappa shape index (κ3) is 6.33. The van der Waals surface area contributed by atoms with E-state index in [1.54, 1.807) is 0 Å². The third-order valence-corrected chi connectivity index (χ3v) is 5.02. The van der Waals surface area contributed by atoms with Gasteiger partial charge in [-0.3, -0.25) is 9.89 Å². The molecule has 0 aliphatic carbocycles. The van der Waals surface area contributed by atoms with Crippen LogP contribution in [0.25, 0.3) is 0 Å². The molecule has 5 nitrogen and oxygen atoms in total. The van der Waals surface area contributed by atoms with Gasteiger partial charge in [-0.25, -0.2) is 0 Å². The Morgan fingerprint density at radius 2 is 1.88 bits per heavy atom. The molecule has 1 aromatic rings. The highest BCUT2D eigenvalue weighted by Crippen LogP contribution is 2.17. The fraction of sp³-hybridized carbons (Fsp3) is 0.650. The van der Waals surface area contributed by atoms with Crippen molar-refractivity contribution in [3.05, 3.63) is 35.9 Å². The zero-order chi connectivity index (χ0) is 18.1. The van der Waals surface area contributed by atoms with Crippen molar-refractivity contribution in [2.24, 2.45) is 4.99 Å². The summed E-state index contributed by atoms with van der Waals surface area (Å²) in [7, 11) is 1.83. The highest BCUT2D eigenvalue weighted by Gasteiger charge is 2.28. The molecule has 1 aliphatic rings. The van der Waals surface area contributed by atoms with Crippen LogP contribution in [0.2, 0.25) is 0 Å². The summed E-state index contributed by atoms with van der Waals surface area (Å²) in [6.45, 7) is 12.2. The number of aliphatic imine (C=N–C) groups is 1. The molecule has 140 valence electrons. The molecule has 0 amide bonds. The van der Waals surface area contributed by atoms with Crippen LogP contribution in [0, 0.1) is 0 Å². The maximum absolute atomic E-state index is 5.46. The first-order valence-corrected chi connectivity index (χ1v) is 9.35. The minimum absolute atomic E-state index is 0.0821. The number of nitrogens with one attached hydrogen (secondary N) is 2. The molecule has 2 N–H and O–H groups in total. The molecule has 1 fully saturated rings. The van der Waals surface area contributed by atoms with E-state index in [9.17, 15) is 0 Å². The van der Waals surface area contributed by atoms with E-state index in [2.05, 4.69) is 71.6 Å². The summed E-state index contributed by atoms with van der Waals surface area (Å²) in [6.07, 6.45) is 1.08. The van der Waals surface area contributed by atoms with Gasteiger partial charge < -0.3 is 15.4 Å². The van der Waals surface area contributed by atoms with Crippen molar-refractivity contribution in [2.45, 2.75) is 38.6 Å². The van der Waals surface area contributed by atoms with Crippen LogP contribution in [0.4, 0.5) is 0 Å². The van der Waals surface area contributed by atoms with Gasteiger partial charge in [-0.15, -0.1) is 0 Å². The molecule has 1 atom stereocenters. The Balaban J connectivity index is 1.73. The smallest absolute Gasteiger partial charge is 0.191 e. The van der Waals surface area contributed by atoms with Crippen molar-refractivity contribution >= 4 is 5.96 Å². The van der Waals surface area contributed by atoms with Crippen molar-refractivity contribution < 1.29 is 4.74 Å². The van der Waals surface area contributed by atoms with E-state index in [-0.39, 0.29) is 5.54 Å². The third-order valence-electron chi connectivity index (χ3n) is 5.02. The summed E-state index contributed by atoms with van der Waals surface area (Å²) in [6, 6.07) is 10.7. The van der Waals surface area contributed by atoms with Gasteiger partial charge in [0, 0.05) is 38.8 Å². The number of guanidine groups is 1. The van der Waals surface area contributed by atoms with E-state index in [1.165, 1.54) is 5.56 Å². The summed E-state index contributed by atoms with van der Waals surface area (Å²) >= 11 is 0. The monoisotopic (exact) mass is 346 g/mol. The van der Waals surface area contributed by atoms with Gasteiger partial charge in [0.25, 0.3) is 0 Å². The lowest BCUT2D eigenvalue weighted by Crippen LogP contribution is -2.56. The SMILES string of the molecule is CN=C(NCCC(C)c1ccccc1)NCC(C)(C)N1CCOCC1. The van der Waals surface area contributed by atoms with Crippen molar-refractivity contribution in [3.63, 3.8) is 0 Å². The Labute approximate surface area is 152 Å². The molecule has 0 bridgehead atoms. The van der Waals surface area contributed by atoms with Crippen LogP contribution in [0.15, 0.2) is 35.3 Å². The van der Waals surface area contributed by atoms with Crippen LogP contribution in [-0.4, -0.2) is 62.8 Å². The second-order valence-corrected chi connectivity index (χ2v) is 7.36. The highest BCUT2D eigenvalue weighted by atomic mass is 16.5. The molecule has 1 unspecified atom stereocenters. The van der Waals surface area contributed by atoms with Crippen LogP contribution in [-0.2, 0) is 4.74 Å². The summed E-state index contributed by atoms with van der Waals surface area (Å²) in [5.41, 5.74) is 1.47. The standard InChI is InChI=1S/C20H34N4O/c1-17(18-8-6-5-7-9-18)10-11-22-19(21-4)23-16-20(2,3)24-12-14-25-15-13-24/h5-9,17H,10-16H2,1-4H3,(H2,21,22,23). The Kier molecular flexibility index (Phi) is 7.72. The molecular weight excluding hydrogens is 312 g/mol. The molecule has 1 aliphatic heterocycles. The molecular formula is C20H34N4O. The van der Waals surface area contributed by atoms with E-state index in [0.29, 0.717) is 5.92 Å². The topological polar surface area (TPSA) is 48.9 Å². The minimum Gasteiger partial charge on any atom is -0.379 e. The second-order valence-electron chi connectivity index (χ2n) is 7.36. The van der Waals surface area contributed by atoms with Crippen molar-refractivity contribution in [3.8, 4) is 0 Å². The Hall–Kier alpha value is -1.59. The quantitative estimate of drug-likeness (QED) is 0.588. The average Bonchev–Trinajstić information content (AvgIpc) is 2.65. The van der Waals surface area contributed by atoms with Crippen molar-refractivity contribution in [1.29, 1.82) is 0 Å². The fourth-order valence-electron chi connectivity index (χ4n) is 3.16. The maximum Gasteiger partial charge on any atom is 0.191 e. The van der Waals surface area contributed by atoms with Gasteiger partial charge in [-0.2, -0.15) is 0 Å². The van der Waals surface area contributed by atoms with Crippen LogP contribution in [0.3, 0.4) is 0 Å². The molecule has 0 aromatic heterocycles. The zero-order valence-electron chi connectivity index (χ0n) is 16.2. The molecule has 5 heteroatoms. The van der Waals surface area contributed by atoms with Crippen LogP contribution >= 0.6 is 0 Å².